The van der Waals surface area contributed by atoms with Crippen molar-refractivity contribution in [3.8, 4) is 34.3 Å². The van der Waals surface area contributed by atoms with Crippen LogP contribution in [0.15, 0.2) is 42.5 Å². The van der Waals surface area contributed by atoms with Crippen LogP contribution in [0.1, 0.15) is 28.9 Å². The fourth-order valence-corrected chi connectivity index (χ4v) is 4.55. The Labute approximate surface area is 222 Å². The smallest absolute Gasteiger partial charge is 0.220 e. The number of carbonyl (C=O) groups excluding carboxylic acids is 1. The Bertz CT molecular complexity index is 1450. The predicted molar refractivity (Wildman–Crippen MR) is 146 cm³/mol. The van der Waals surface area contributed by atoms with Crippen LogP contribution in [0.25, 0.3) is 16.9 Å². The lowest BCUT2D eigenvalue weighted by molar-refractivity contribution is -0.121. The molecule has 0 aliphatic heterocycles. The number of carbonyl (C=O) groups is 1. The molecule has 0 atom stereocenters. The molecule has 1 amide bonds. The van der Waals surface area contributed by atoms with Crippen LogP contribution in [0.5, 0.6) is 23.0 Å². The van der Waals surface area contributed by atoms with Gasteiger partial charge in [-0.1, -0.05) is 6.07 Å². The largest absolute Gasteiger partial charge is 0.497 e. The van der Waals surface area contributed by atoms with Gasteiger partial charge in [0, 0.05) is 48.1 Å². The summed E-state index contributed by atoms with van der Waals surface area (Å²) in [5.74, 6) is 2.85. The summed E-state index contributed by atoms with van der Waals surface area (Å²) in [7, 11) is 6.49. The summed E-state index contributed by atoms with van der Waals surface area (Å²) < 4.78 is 23.4. The number of amides is 1. The van der Waals surface area contributed by atoms with Crippen LogP contribution in [0.2, 0.25) is 0 Å². The Morgan fingerprint density at radius 3 is 2.24 bits per heavy atom. The summed E-state index contributed by atoms with van der Waals surface area (Å²) in [4.78, 5) is 17.4. The highest BCUT2D eigenvalue weighted by Gasteiger charge is 2.17. The second kappa shape index (κ2) is 11.9. The van der Waals surface area contributed by atoms with Crippen LogP contribution < -0.4 is 24.3 Å². The average Bonchev–Trinajstić information content (AvgIpc) is 3.36. The van der Waals surface area contributed by atoms with Gasteiger partial charge in [0.15, 0.2) is 5.65 Å². The molecule has 4 aromatic rings. The highest BCUT2D eigenvalue weighted by Crippen LogP contribution is 2.33. The fraction of sp³-hybridized carbons (Fsp3) is 0.345. The second-order valence-electron chi connectivity index (χ2n) is 8.90. The van der Waals surface area contributed by atoms with Crippen molar-refractivity contribution in [2.45, 2.75) is 33.1 Å². The minimum atomic E-state index is -0.0134. The van der Waals surface area contributed by atoms with Gasteiger partial charge in [-0.3, -0.25) is 4.79 Å². The first-order chi connectivity index (χ1) is 18.4. The van der Waals surface area contributed by atoms with Crippen LogP contribution in [0.3, 0.4) is 0 Å². The number of fused-ring (bicyclic) bond motifs is 1. The number of nitrogens with zero attached hydrogens (tertiary/aromatic N) is 3. The van der Waals surface area contributed by atoms with Gasteiger partial charge >= 0.3 is 0 Å². The summed E-state index contributed by atoms with van der Waals surface area (Å²) in [5, 5.41) is 7.81. The van der Waals surface area contributed by atoms with E-state index < -0.39 is 0 Å². The molecule has 0 radical (unpaired) electrons. The maximum atomic E-state index is 12.6. The lowest BCUT2D eigenvalue weighted by atomic mass is 10.1. The SMILES string of the molecule is COc1ccc(CCNC(=O)CCc2c(C)nc3cc(-c4ccc(OC)cc4OC)nn3c2C)c(OC)c1. The summed E-state index contributed by atoms with van der Waals surface area (Å²) in [5.41, 5.74) is 6.22. The van der Waals surface area contributed by atoms with E-state index in [-0.39, 0.29) is 5.91 Å². The van der Waals surface area contributed by atoms with E-state index in [1.807, 2.05) is 60.8 Å². The van der Waals surface area contributed by atoms with E-state index in [9.17, 15) is 4.79 Å². The van der Waals surface area contributed by atoms with Crippen LogP contribution in [0.4, 0.5) is 0 Å². The van der Waals surface area contributed by atoms with Gasteiger partial charge in [-0.05, 0) is 56.0 Å². The molecule has 0 bridgehead atoms. The van der Waals surface area contributed by atoms with Gasteiger partial charge in [0.1, 0.15) is 23.0 Å². The van der Waals surface area contributed by atoms with Crippen LogP contribution >= 0.6 is 0 Å². The highest BCUT2D eigenvalue weighted by atomic mass is 16.5. The molecule has 9 nitrogen and oxygen atoms in total. The molecule has 9 heteroatoms. The lowest BCUT2D eigenvalue weighted by Crippen LogP contribution is -2.26. The molecule has 2 aromatic heterocycles. The van der Waals surface area contributed by atoms with E-state index in [0.717, 1.165) is 50.9 Å². The fourth-order valence-electron chi connectivity index (χ4n) is 4.55. The van der Waals surface area contributed by atoms with Gasteiger partial charge in [0.05, 0.1) is 34.1 Å². The van der Waals surface area contributed by atoms with Crippen molar-refractivity contribution in [1.29, 1.82) is 0 Å². The van der Waals surface area contributed by atoms with Gasteiger partial charge in [-0.25, -0.2) is 9.50 Å². The number of ether oxygens (including phenoxy) is 4. The number of methoxy groups -OCH3 is 4. The van der Waals surface area contributed by atoms with Crippen molar-refractivity contribution in [3.63, 3.8) is 0 Å². The first-order valence-electron chi connectivity index (χ1n) is 12.4. The Kier molecular flexibility index (Phi) is 8.35. The van der Waals surface area contributed by atoms with E-state index >= 15 is 0 Å². The Morgan fingerprint density at radius 2 is 1.55 bits per heavy atom. The minimum Gasteiger partial charge on any atom is -0.497 e. The van der Waals surface area contributed by atoms with Crippen molar-refractivity contribution >= 4 is 11.6 Å². The zero-order valence-electron chi connectivity index (χ0n) is 22.8. The molecule has 0 unspecified atom stereocenters. The molecule has 0 saturated heterocycles. The number of hydrogen-bond donors (Lipinski definition) is 1. The third kappa shape index (κ3) is 5.66. The summed E-state index contributed by atoms with van der Waals surface area (Å²) >= 11 is 0. The Hall–Kier alpha value is -4.27. The van der Waals surface area contributed by atoms with Crippen molar-refractivity contribution in [1.82, 2.24) is 19.9 Å². The summed E-state index contributed by atoms with van der Waals surface area (Å²) in [6, 6.07) is 13.3. The molecule has 200 valence electrons. The van der Waals surface area contributed by atoms with E-state index in [1.54, 1.807) is 28.4 Å². The maximum Gasteiger partial charge on any atom is 0.220 e. The van der Waals surface area contributed by atoms with Gasteiger partial charge < -0.3 is 24.3 Å². The maximum absolute atomic E-state index is 12.6. The zero-order chi connectivity index (χ0) is 27.2. The monoisotopic (exact) mass is 518 g/mol. The molecule has 0 aliphatic carbocycles. The van der Waals surface area contributed by atoms with Gasteiger partial charge in [-0.2, -0.15) is 5.10 Å². The van der Waals surface area contributed by atoms with Crippen LogP contribution in [-0.4, -0.2) is 55.5 Å². The first-order valence-corrected chi connectivity index (χ1v) is 12.4. The highest BCUT2D eigenvalue weighted by molar-refractivity contribution is 5.76. The Morgan fingerprint density at radius 1 is 0.868 bits per heavy atom. The molecule has 2 aromatic carbocycles. The minimum absolute atomic E-state index is 0.0134. The quantitative estimate of drug-likeness (QED) is 0.316. The van der Waals surface area contributed by atoms with E-state index in [4.69, 9.17) is 29.0 Å². The van der Waals surface area contributed by atoms with Crippen LogP contribution in [-0.2, 0) is 17.6 Å². The predicted octanol–water partition coefficient (Wildman–Crippen LogP) is 4.34. The third-order valence-corrected chi connectivity index (χ3v) is 6.66. The van der Waals surface area contributed by atoms with Crippen molar-refractivity contribution in [2.24, 2.45) is 0 Å². The third-order valence-electron chi connectivity index (χ3n) is 6.66. The standard InChI is InChI=1S/C29H34N4O5/c1-18-23(11-12-29(34)30-14-13-20-7-8-21(35-3)15-26(20)37-5)19(2)33-28(31-18)17-25(32-33)24-10-9-22(36-4)16-27(24)38-6/h7-10,15-17H,11-14H2,1-6H3,(H,30,34). The van der Waals surface area contributed by atoms with E-state index in [0.29, 0.717) is 37.3 Å². The molecular weight excluding hydrogens is 484 g/mol. The molecule has 2 heterocycles. The zero-order valence-corrected chi connectivity index (χ0v) is 22.8. The van der Waals surface area contributed by atoms with Crippen LogP contribution in [0, 0.1) is 13.8 Å². The number of benzene rings is 2. The van der Waals surface area contributed by atoms with Gasteiger partial charge in [-0.15, -0.1) is 0 Å². The molecule has 0 saturated carbocycles. The topological polar surface area (TPSA) is 96.2 Å². The lowest BCUT2D eigenvalue weighted by Gasteiger charge is -2.12. The number of hydrogen-bond acceptors (Lipinski definition) is 7. The van der Waals surface area contributed by atoms with Crippen molar-refractivity contribution in [3.05, 3.63) is 65.0 Å². The molecular formula is C29H34N4O5. The normalized spacial score (nSPS) is 10.9. The number of aromatic nitrogens is 3. The van der Waals surface area contributed by atoms with Gasteiger partial charge in [0.2, 0.25) is 5.91 Å². The van der Waals surface area contributed by atoms with Gasteiger partial charge in [0.25, 0.3) is 0 Å². The van der Waals surface area contributed by atoms with E-state index in [2.05, 4.69) is 5.32 Å². The molecule has 0 aliphatic rings. The van der Waals surface area contributed by atoms with E-state index in [1.165, 1.54) is 0 Å². The molecule has 1 N–H and O–H groups in total. The van der Waals surface area contributed by atoms with Crippen molar-refractivity contribution < 1.29 is 23.7 Å². The number of aryl methyl sites for hydroxylation is 2. The summed E-state index contributed by atoms with van der Waals surface area (Å²) in [6.45, 7) is 4.49. The molecule has 0 fully saturated rings. The summed E-state index contributed by atoms with van der Waals surface area (Å²) in [6.07, 6.45) is 1.59. The number of rotatable bonds is 11. The first kappa shape index (κ1) is 26.8. The Balaban J connectivity index is 1.44. The molecule has 4 rings (SSSR count). The average molecular weight is 519 g/mol. The number of nitrogens with one attached hydrogen (secondary N) is 1. The van der Waals surface area contributed by atoms with Crippen molar-refractivity contribution in [2.75, 3.05) is 35.0 Å². The molecule has 38 heavy (non-hydrogen) atoms. The second-order valence-corrected chi connectivity index (χ2v) is 8.90. The molecule has 0 spiro atoms.